The van der Waals surface area contributed by atoms with Crippen molar-refractivity contribution < 1.29 is 24.5 Å². The lowest BCUT2D eigenvalue weighted by molar-refractivity contribution is -0.151. The summed E-state index contributed by atoms with van der Waals surface area (Å²) in [5, 5.41) is 18.0. The van der Waals surface area contributed by atoms with Crippen LogP contribution in [0.4, 0.5) is 0 Å². The van der Waals surface area contributed by atoms with Crippen LogP contribution in [0, 0.1) is 0 Å². The van der Waals surface area contributed by atoms with E-state index in [0.717, 1.165) is 6.08 Å². The fraction of sp³-hybridized carbons (Fsp3) is 0.545. The average molecular weight is 230 g/mol. The van der Waals surface area contributed by atoms with Gasteiger partial charge in [-0.05, 0) is 0 Å². The van der Waals surface area contributed by atoms with E-state index in [1.54, 1.807) is 0 Å². The molecule has 0 radical (unpaired) electrons. The molecular weight excluding hydrogens is 212 g/mol. The van der Waals surface area contributed by atoms with Gasteiger partial charge in [0.2, 0.25) is 0 Å². The van der Waals surface area contributed by atoms with Crippen LogP contribution in [-0.4, -0.2) is 48.2 Å². The molecule has 0 rings (SSSR count). The lowest BCUT2D eigenvalue weighted by Crippen LogP contribution is -2.21. The maximum Gasteiger partial charge on any atom is 0.338 e. The topological polar surface area (TPSA) is 76.0 Å². The van der Waals surface area contributed by atoms with E-state index in [2.05, 4.69) is 13.2 Å². The molecule has 0 aromatic carbocycles. The second-order valence-electron chi connectivity index (χ2n) is 3.08. The van der Waals surface area contributed by atoms with Crippen LogP contribution in [0.5, 0.6) is 0 Å². The van der Waals surface area contributed by atoms with Gasteiger partial charge in [-0.1, -0.05) is 18.7 Å². The summed E-state index contributed by atoms with van der Waals surface area (Å²) in [6.07, 6.45) is 1.02. The highest BCUT2D eigenvalue weighted by Gasteiger charge is 2.11. The Labute approximate surface area is 95.0 Å². The molecule has 0 amide bonds. The predicted molar refractivity (Wildman–Crippen MR) is 58.8 cm³/mol. The van der Waals surface area contributed by atoms with Crippen LogP contribution in [0.1, 0.15) is 6.42 Å². The van der Waals surface area contributed by atoms with Gasteiger partial charge in [-0.2, -0.15) is 0 Å². The average Bonchev–Trinajstić information content (AvgIpc) is 2.31. The molecule has 2 atom stereocenters. The van der Waals surface area contributed by atoms with Crippen LogP contribution in [0.2, 0.25) is 0 Å². The van der Waals surface area contributed by atoms with E-state index >= 15 is 0 Å². The standard InChI is InChI=1S/C11H18O5/c1-3-9(12)8-15-6-5-7-16-11(14)10(13)4-2/h3-4,9-10,12-13H,1-2,5-8H2. The van der Waals surface area contributed by atoms with E-state index in [4.69, 9.17) is 19.7 Å². The Hall–Kier alpha value is -1.17. The van der Waals surface area contributed by atoms with Crippen molar-refractivity contribution in [1.29, 1.82) is 0 Å². The van der Waals surface area contributed by atoms with Gasteiger partial charge in [0, 0.05) is 13.0 Å². The zero-order valence-corrected chi connectivity index (χ0v) is 9.17. The Morgan fingerprint density at radius 1 is 1.25 bits per heavy atom. The number of esters is 1. The van der Waals surface area contributed by atoms with Crippen LogP contribution in [0.15, 0.2) is 25.3 Å². The first-order valence-electron chi connectivity index (χ1n) is 4.97. The summed E-state index contributed by atoms with van der Waals surface area (Å²) in [7, 11) is 0. The van der Waals surface area contributed by atoms with Crippen LogP contribution >= 0.6 is 0 Å². The minimum absolute atomic E-state index is 0.161. The highest BCUT2D eigenvalue weighted by atomic mass is 16.5. The second kappa shape index (κ2) is 9.08. The maximum atomic E-state index is 10.9. The number of carbonyl (C=O) groups is 1. The van der Waals surface area contributed by atoms with E-state index in [0.29, 0.717) is 13.0 Å². The van der Waals surface area contributed by atoms with Crippen LogP contribution in [-0.2, 0) is 14.3 Å². The van der Waals surface area contributed by atoms with Gasteiger partial charge in [0.1, 0.15) is 0 Å². The number of ether oxygens (including phenoxy) is 2. The van der Waals surface area contributed by atoms with Crippen LogP contribution in [0.25, 0.3) is 0 Å². The Morgan fingerprint density at radius 2 is 1.94 bits per heavy atom. The monoisotopic (exact) mass is 230 g/mol. The third-order valence-electron chi connectivity index (χ3n) is 1.70. The molecule has 5 nitrogen and oxygen atoms in total. The van der Waals surface area contributed by atoms with Gasteiger partial charge in [0.25, 0.3) is 0 Å². The Morgan fingerprint density at radius 3 is 2.50 bits per heavy atom. The summed E-state index contributed by atoms with van der Waals surface area (Å²) in [6, 6.07) is 0. The lowest BCUT2D eigenvalue weighted by atomic mass is 10.3. The van der Waals surface area contributed by atoms with E-state index in [9.17, 15) is 4.79 Å². The molecule has 0 bridgehead atoms. The normalized spacial score (nSPS) is 13.9. The smallest absolute Gasteiger partial charge is 0.338 e. The fourth-order valence-corrected chi connectivity index (χ4v) is 0.787. The number of hydrogen-bond acceptors (Lipinski definition) is 5. The summed E-state index contributed by atoms with van der Waals surface area (Å²) >= 11 is 0. The van der Waals surface area contributed by atoms with Gasteiger partial charge in [-0.25, -0.2) is 4.79 Å². The number of aliphatic hydroxyl groups excluding tert-OH is 2. The van der Waals surface area contributed by atoms with Gasteiger partial charge in [-0.15, -0.1) is 6.58 Å². The molecule has 92 valence electrons. The zero-order chi connectivity index (χ0) is 12.4. The molecule has 0 aromatic rings. The fourth-order valence-electron chi connectivity index (χ4n) is 0.787. The Kier molecular flexibility index (Phi) is 8.42. The minimum atomic E-state index is -1.27. The second-order valence-corrected chi connectivity index (χ2v) is 3.08. The highest BCUT2D eigenvalue weighted by molar-refractivity contribution is 5.76. The van der Waals surface area contributed by atoms with Crippen LogP contribution in [0.3, 0.4) is 0 Å². The zero-order valence-electron chi connectivity index (χ0n) is 9.17. The first-order chi connectivity index (χ1) is 7.61. The highest BCUT2D eigenvalue weighted by Crippen LogP contribution is 1.93. The molecule has 0 aromatic heterocycles. The first-order valence-corrected chi connectivity index (χ1v) is 4.97. The van der Waals surface area contributed by atoms with Gasteiger partial charge in [0.15, 0.2) is 6.10 Å². The summed E-state index contributed by atoms with van der Waals surface area (Å²) < 4.78 is 9.76. The summed E-state index contributed by atoms with van der Waals surface area (Å²) in [5.41, 5.74) is 0. The van der Waals surface area contributed by atoms with Gasteiger partial charge in [0.05, 0.1) is 19.3 Å². The molecule has 16 heavy (non-hydrogen) atoms. The van der Waals surface area contributed by atoms with Gasteiger partial charge >= 0.3 is 5.97 Å². The lowest BCUT2D eigenvalue weighted by Gasteiger charge is -2.08. The van der Waals surface area contributed by atoms with Gasteiger partial charge in [-0.3, -0.25) is 0 Å². The van der Waals surface area contributed by atoms with Crippen molar-refractivity contribution in [2.24, 2.45) is 0 Å². The Balaban J connectivity index is 3.36. The van der Waals surface area contributed by atoms with Crippen molar-refractivity contribution in [3.63, 3.8) is 0 Å². The molecule has 2 unspecified atom stereocenters. The van der Waals surface area contributed by atoms with E-state index in [-0.39, 0.29) is 13.2 Å². The molecule has 2 N–H and O–H groups in total. The molecule has 0 saturated carbocycles. The quantitative estimate of drug-likeness (QED) is 0.332. The molecule has 0 aliphatic rings. The molecular formula is C11H18O5. The van der Waals surface area contributed by atoms with Crippen molar-refractivity contribution >= 4 is 5.97 Å². The predicted octanol–water partition coefficient (Wildman–Crippen LogP) is 0.0301. The number of rotatable bonds is 9. The van der Waals surface area contributed by atoms with Crippen molar-refractivity contribution in [3.8, 4) is 0 Å². The molecule has 0 saturated heterocycles. The van der Waals surface area contributed by atoms with Crippen molar-refractivity contribution in [2.75, 3.05) is 19.8 Å². The number of aliphatic hydroxyl groups is 2. The third-order valence-corrected chi connectivity index (χ3v) is 1.70. The molecule has 5 heteroatoms. The Bertz CT molecular complexity index is 226. The SMILES string of the molecule is C=CC(O)COCCCOC(=O)C(O)C=C. The number of hydrogen-bond donors (Lipinski definition) is 2. The molecule has 0 heterocycles. The molecule has 0 aliphatic carbocycles. The molecule has 0 spiro atoms. The maximum absolute atomic E-state index is 10.9. The summed E-state index contributed by atoms with van der Waals surface area (Å²) in [5.74, 6) is -0.721. The number of carbonyl (C=O) groups excluding carboxylic acids is 1. The molecule has 0 aliphatic heterocycles. The van der Waals surface area contributed by atoms with Crippen molar-refractivity contribution in [3.05, 3.63) is 25.3 Å². The van der Waals surface area contributed by atoms with E-state index < -0.39 is 18.2 Å². The molecule has 0 fully saturated rings. The van der Waals surface area contributed by atoms with Crippen LogP contribution < -0.4 is 0 Å². The van der Waals surface area contributed by atoms with E-state index in [1.165, 1.54) is 6.08 Å². The summed E-state index contributed by atoms with van der Waals surface area (Å²) in [6.45, 7) is 7.34. The van der Waals surface area contributed by atoms with Gasteiger partial charge < -0.3 is 19.7 Å². The largest absolute Gasteiger partial charge is 0.463 e. The van der Waals surface area contributed by atoms with E-state index in [1.807, 2.05) is 0 Å². The van der Waals surface area contributed by atoms with Crippen molar-refractivity contribution in [2.45, 2.75) is 18.6 Å². The summed E-state index contributed by atoms with van der Waals surface area (Å²) in [4.78, 5) is 10.9. The first kappa shape index (κ1) is 14.8. The van der Waals surface area contributed by atoms with Crippen molar-refractivity contribution in [1.82, 2.24) is 0 Å². The third kappa shape index (κ3) is 7.17. The minimum Gasteiger partial charge on any atom is -0.463 e.